The van der Waals surface area contributed by atoms with Crippen molar-refractivity contribution in [3.05, 3.63) is 53.6 Å². The van der Waals surface area contributed by atoms with E-state index in [2.05, 4.69) is 20.4 Å². The Labute approximate surface area is 195 Å². The average Bonchev–Trinajstić information content (AvgIpc) is 3.05. The second kappa shape index (κ2) is 9.72. The van der Waals surface area contributed by atoms with Gasteiger partial charge in [-0.2, -0.15) is 22.0 Å². The number of hydrogen-bond donors (Lipinski definition) is 2. The van der Waals surface area contributed by atoms with E-state index in [-0.39, 0.29) is 16.9 Å². The van der Waals surface area contributed by atoms with Crippen LogP contribution in [-0.2, 0) is 9.53 Å². The number of nitrogens with one attached hydrogen (secondary N) is 2. The summed E-state index contributed by atoms with van der Waals surface area (Å²) < 4.78 is 91.2. The van der Waals surface area contributed by atoms with Crippen LogP contribution >= 0.6 is 0 Å². The van der Waals surface area contributed by atoms with Crippen molar-refractivity contribution in [2.24, 2.45) is 5.92 Å². The molecule has 1 saturated heterocycles. The van der Waals surface area contributed by atoms with Crippen LogP contribution in [0, 0.1) is 11.7 Å². The Balaban J connectivity index is 2.04. The first-order chi connectivity index (χ1) is 16.3. The number of rotatable bonds is 6. The van der Waals surface area contributed by atoms with E-state index in [1.165, 1.54) is 25.4 Å². The van der Waals surface area contributed by atoms with Gasteiger partial charge in [-0.3, -0.25) is 14.6 Å². The molecule has 1 aromatic carbocycles. The van der Waals surface area contributed by atoms with Gasteiger partial charge in [0.25, 0.3) is 11.8 Å². The Bertz CT molecular complexity index is 1110. The molecule has 1 aromatic heterocycles. The summed E-state index contributed by atoms with van der Waals surface area (Å²) in [5.74, 6) is -6.21. The number of carbonyl (C=O) groups is 2. The summed E-state index contributed by atoms with van der Waals surface area (Å²) in [7, 11) is 1.35. The van der Waals surface area contributed by atoms with Gasteiger partial charge in [0.2, 0.25) is 0 Å². The molecule has 1 aliphatic heterocycles. The lowest BCUT2D eigenvalue weighted by atomic mass is 9.77. The second-order valence-corrected chi connectivity index (χ2v) is 8.02. The van der Waals surface area contributed by atoms with Crippen LogP contribution in [0.2, 0.25) is 0 Å². The van der Waals surface area contributed by atoms with Gasteiger partial charge < -0.3 is 20.1 Å². The first-order valence-corrected chi connectivity index (χ1v) is 10.3. The monoisotopic (exact) mass is 505 g/mol. The van der Waals surface area contributed by atoms with Gasteiger partial charge in [-0.1, -0.05) is 13.0 Å². The number of ether oxygens (including phenoxy) is 2. The molecule has 0 aliphatic carbocycles. The molecule has 190 valence electrons. The summed E-state index contributed by atoms with van der Waals surface area (Å²) in [5.41, 5.74) is -3.15. The van der Waals surface area contributed by atoms with Crippen molar-refractivity contribution in [3.8, 4) is 5.75 Å². The zero-order chi connectivity index (χ0) is 26.1. The molecule has 2 heterocycles. The molecule has 1 aliphatic rings. The summed E-state index contributed by atoms with van der Waals surface area (Å²) in [4.78, 5) is 28.7. The lowest BCUT2D eigenvalue weighted by Crippen LogP contribution is -2.47. The van der Waals surface area contributed by atoms with Crippen LogP contribution in [0.4, 0.5) is 32.0 Å². The smallest absolute Gasteiger partial charge is 0.417 e. The molecule has 1 fully saturated rings. The van der Waals surface area contributed by atoms with Gasteiger partial charge in [0, 0.05) is 42.4 Å². The van der Waals surface area contributed by atoms with Crippen LogP contribution in [0.5, 0.6) is 5.75 Å². The SMILES string of the molecule is CNC(=O)c1cc(NC(=O)[C@H]2O[C@](C)(C(F)(F)F)[C@@H](C)[C@H]2c2ccc(F)cc2OC(F)F)ccn1. The minimum Gasteiger partial charge on any atom is -0.434 e. The Hall–Kier alpha value is -3.35. The standard InChI is InChI=1S/C22H21F6N3O4/c1-10-16(13-5-4-11(23)8-15(13)34-20(24)25)17(35-21(10,2)22(26,27)28)19(33)31-12-6-7-30-14(9-12)18(32)29-3/h4-10,16-17,20H,1-3H3,(H,29,32)(H,30,31,33)/t10-,16-,17-,21-/m0/s1. The minimum absolute atomic E-state index is 0.0300. The summed E-state index contributed by atoms with van der Waals surface area (Å²) >= 11 is 0. The number of anilines is 1. The lowest BCUT2D eigenvalue weighted by Gasteiger charge is -2.32. The fraction of sp³-hybridized carbons (Fsp3) is 0.409. The molecular formula is C22H21F6N3O4. The zero-order valence-electron chi connectivity index (χ0n) is 18.6. The van der Waals surface area contributed by atoms with Gasteiger partial charge in [-0.15, -0.1) is 0 Å². The van der Waals surface area contributed by atoms with Gasteiger partial charge >= 0.3 is 12.8 Å². The van der Waals surface area contributed by atoms with E-state index in [1.54, 1.807) is 0 Å². The van der Waals surface area contributed by atoms with Crippen molar-refractivity contribution >= 4 is 17.5 Å². The van der Waals surface area contributed by atoms with Crippen molar-refractivity contribution in [2.75, 3.05) is 12.4 Å². The van der Waals surface area contributed by atoms with Crippen LogP contribution in [0.1, 0.15) is 35.8 Å². The molecule has 0 spiro atoms. The number of pyridine rings is 1. The topological polar surface area (TPSA) is 89.6 Å². The van der Waals surface area contributed by atoms with Gasteiger partial charge in [-0.25, -0.2) is 4.39 Å². The number of aromatic nitrogens is 1. The third-order valence-corrected chi connectivity index (χ3v) is 5.96. The first kappa shape index (κ1) is 26.3. The second-order valence-electron chi connectivity index (χ2n) is 8.02. The van der Waals surface area contributed by atoms with E-state index in [0.29, 0.717) is 6.07 Å². The maximum absolute atomic E-state index is 14.0. The Kier molecular flexibility index (Phi) is 7.29. The van der Waals surface area contributed by atoms with Gasteiger partial charge in [-0.05, 0) is 25.1 Å². The van der Waals surface area contributed by atoms with Crippen molar-refractivity contribution in [1.82, 2.24) is 10.3 Å². The van der Waals surface area contributed by atoms with E-state index in [4.69, 9.17) is 4.74 Å². The van der Waals surface area contributed by atoms with Crippen molar-refractivity contribution in [3.63, 3.8) is 0 Å². The van der Waals surface area contributed by atoms with Crippen LogP contribution in [0.25, 0.3) is 0 Å². The molecule has 2 N–H and O–H groups in total. The normalized spacial score (nSPS) is 24.3. The van der Waals surface area contributed by atoms with Crippen LogP contribution in [0.15, 0.2) is 36.5 Å². The highest BCUT2D eigenvalue weighted by Crippen LogP contribution is 2.54. The molecule has 4 atom stereocenters. The number of carbonyl (C=O) groups excluding carboxylic acids is 2. The van der Waals surface area contributed by atoms with E-state index in [1.807, 2.05) is 0 Å². The molecule has 0 radical (unpaired) electrons. The van der Waals surface area contributed by atoms with Crippen LogP contribution < -0.4 is 15.4 Å². The third kappa shape index (κ3) is 5.19. The largest absolute Gasteiger partial charge is 0.434 e. The number of nitrogens with zero attached hydrogens (tertiary/aromatic N) is 1. The van der Waals surface area contributed by atoms with Gasteiger partial charge in [0.15, 0.2) is 5.60 Å². The average molecular weight is 505 g/mol. The fourth-order valence-corrected chi connectivity index (χ4v) is 3.98. The summed E-state index contributed by atoms with van der Waals surface area (Å²) in [5, 5.41) is 4.71. The molecule has 0 unspecified atom stereocenters. The predicted molar refractivity (Wildman–Crippen MR) is 111 cm³/mol. The summed E-state index contributed by atoms with van der Waals surface area (Å²) in [6, 6.07) is 4.93. The highest BCUT2D eigenvalue weighted by molar-refractivity contribution is 5.97. The molecule has 0 saturated carbocycles. The van der Waals surface area contributed by atoms with Gasteiger partial charge in [0.1, 0.15) is 23.4 Å². The molecule has 35 heavy (non-hydrogen) atoms. The Morgan fingerprint density at radius 3 is 2.49 bits per heavy atom. The van der Waals surface area contributed by atoms with E-state index in [9.17, 15) is 35.9 Å². The molecule has 7 nitrogen and oxygen atoms in total. The molecular weight excluding hydrogens is 484 g/mol. The number of benzene rings is 1. The predicted octanol–water partition coefficient (Wildman–Crippen LogP) is 4.26. The number of hydrogen-bond acceptors (Lipinski definition) is 5. The van der Waals surface area contributed by atoms with E-state index < -0.39 is 59.7 Å². The molecule has 2 aromatic rings. The van der Waals surface area contributed by atoms with E-state index in [0.717, 1.165) is 26.0 Å². The Morgan fingerprint density at radius 2 is 1.89 bits per heavy atom. The summed E-state index contributed by atoms with van der Waals surface area (Å²) in [6.45, 7) is -1.50. The minimum atomic E-state index is -4.94. The van der Waals surface area contributed by atoms with Gasteiger partial charge in [0.05, 0.1) is 0 Å². The van der Waals surface area contributed by atoms with Crippen molar-refractivity contribution < 1.29 is 45.4 Å². The molecule has 3 rings (SSSR count). The quantitative estimate of drug-likeness (QED) is 0.573. The fourth-order valence-electron chi connectivity index (χ4n) is 3.98. The lowest BCUT2D eigenvalue weighted by molar-refractivity contribution is -0.272. The molecule has 0 bridgehead atoms. The van der Waals surface area contributed by atoms with Crippen molar-refractivity contribution in [2.45, 2.75) is 44.3 Å². The molecule has 2 amide bonds. The highest BCUT2D eigenvalue weighted by Gasteiger charge is 2.65. The van der Waals surface area contributed by atoms with E-state index >= 15 is 0 Å². The maximum atomic E-state index is 14.0. The molecule has 13 heteroatoms. The zero-order valence-corrected chi connectivity index (χ0v) is 18.6. The highest BCUT2D eigenvalue weighted by atomic mass is 19.4. The number of amides is 2. The van der Waals surface area contributed by atoms with Crippen molar-refractivity contribution in [1.29, 1.82) is 0 Å². The Morgan fingerprint density at radius 1 is 1.20 bits per heavy atom. The maximum Gasteiger partial charge on any atom is 0.417 e. The number of halogens is 6. The summed E-state index contributed by atoms with van der Waals surface area (Å²) in [6.07, 6.45) is -5.57. The number of alkyl halides is 5. The first-order valence-electron chi connectivity index (χ1n) is 10.3. The van der Waals surface area contributed by atoms with Crippen LogP contribution in [0.3, 0.4) is 0 Å². The van der Waals surface area contributed by atoms with Crippen LogP contribution in [-0.4, -0.2) is 48.3 Å². The third-order valence-electron chi connectivity index (χ3n) is 5.96.